The fourth-order valence-corrected chi connectivity index (χ4v) is 2.99. The number of unbranched alkanes of at least 4 members (excludes halogenated alkanes) is 2. The molecule has 1 radical (unpaired) electrons. The van der Waals surface area contributed by atoms with Gasteiger partial charge in [0.2, 0.25) is 0 Å². The maximum absolute atomic E-state index is 5.74. The van der Waals surface area contributed by atoms with Crippen LogP contribution in [-0.2, 0) is 7.58 Å². The normalized spacial score (nSPS) is 14.3. The highest BCUT2D eigenvalue weighted by Crippen LogP contribution is 2.14. The second kappa shape index (κ2) is 14.9. The average Bonchev–Trinajstić information content (AvgIpc) is 2.45. The van der Waals surface area contributed by atoms with Gasteiger partial charge in [0.05, 0.1) is 0 Å². The van der Waals surface area contributed by atoms with Gasteiger partial charge in [0.15, 0.2) is 0 Å². The predicted octanol–water partition coefficient (Wildman–Crippen LogP) is 4.99. The van der Waals surface area contributed by atoms with E-state index in [1.165, 1.54) is 51.4 Å². The van der Waals surface area contributed by atoms with Crippen molar-refractivity contribution in [2.24, 2.45) is 11.8 Å². The Morgan fingerprint density at radius 1 is 0.737 bits per heavy atom. The lowest BCUT2D eigenvalue weighted by atomic mass is 10.0. The minimum atomic E-state index is -0.253. The molecule has 2 unspecified atom stereocenters. The smallest absolute Gasteiger partial charge is 0.483 e. The molecular formula is C16H34AlO2. The molecule has 0 rings (SSSR count). The Balaban J connectivity index is 3.50. The minimum absolute atomic E-state index is 0.253. The lowest BCUT2D eigenvalue weighted by molar-refractivity contribution is 0.160. The molecule has 0 aliphatic carbocycles. The molecule has 2 atom stereocenters. The van der Waals surface area contributed by atoms with Crippen LogP contribution in [0.1, 0.15) is 79.1 Å². The minimum Gasteiger partial charge on any atom is -0.483 e. The van der Waals surface area contributed by atoms with Crippen LogP contribution >= 0.6 is 0 Å². The maximum atomic E-state index is 5.74. The fourth-order valence-electron chi connectivity index (χ4n) is 2.20. The molecule has 0 aliphatic heterocycles. The topological polar surface area (TPSA) is 18.5 Å². The van der Waals surface area contributed by atoms with Crippen LogP contribution in [0.15, 0.2) is 0 Å². The van der Waals surface area contributed by atoms with Gasteiger partial charge in [-0.3, -0.25) is 0 Å². The van der Waals surface area contributed by atoms with E-state index in [9.17, 15) is 0 Å². The summed E-state index contributed by atoms with van der Waals surface area (Å²) in [5.74, 6) is 1.47. The molecular weight excluding hydrogens is 251 g/mol. The Morgan fingerprint density at radius 2 is 1.16 bits per heavy atom. The van der Waals surface area contributed by atoms with E-state index in [1.807, 2.05) is 0 Å². The summed E-state index contributed by atoms with van der Waals surface area (Å²) in [6.45, 7) is 10.8. The molecule has 19 heavy (non-hydrogen) atoms. The van der Waals surface area contributed by atoms with Crippen LogP contribution in [0.25, 0.3) is 0 Å². The molecule has 0 aromatic carbocycles. The van der Waals surface area contributed by atoms with Crippen molar-refractivity contribution in [1.82, 2.24) is 0 Å². The van der Waals surface area contributed by atoms with Crippen molar-refractivity contribution in [1.29, 1.82) is 0 Å². The van der Waals surface area contributed by atoms with Crippen LogP contribution in [0.4, 0.5) is 0 Å². The Bertz CT molecular complexity index is 158. The van der Waals surface area contributed by atoms with Crippen molar-refractivity contribution in [3.8, 4) is 0 Å². The first-order valence-electron chi connectivity index (χ1n) is 8.33. The van der Waals surface area contributed by atoms with Crippen LogP contribution < -0.4 is 0 Å². The lowest BCUT2D eigenvalue weighted by Crippen LogP contribution is -2.17. The van der Waals surface area contributed by atoms with Crippen molar-refractivity contribution in [2.45, 2.75) is 79.1 Å². The second-order valence-electron chi connectivity index (χ2n) is 5.60. The van der Waals surface area contributed by atoms with Gasteiger partial charge in [0, 0.05) is 13.2 Å². The van der Waals surface area contributed by atoms with Crippen molar-refractivity contribution in [2.75, 3.05) is 13.2 Å². The molecule has 0 aromatic rings. The SMILES string of the molecule is CCCCC(CC)C[O][Al][O]CC(CC)CCCC. The summed E-state index contributed by atoms with van der Waals surface area (Å²) >= 11 is -0.253. The van der Waals surface area contributed by atoms with E-state index in [0.717, 1.165) is 25.0 Å². The zero-order valence-electron chi connectivity index (χ0n) is 13.6. The molecule has 0 aromatic heterocycles. The number of hydrogen-bond donors (Lipinski definition) is 0. The molecule has 113 valence electrons. The molecule has 0 saturated heterocycles. The van der Waals surface area contributed by atoms with Gasteiger partial charge in [0.1, 0.15) is 0 Å². The van der Waals surface area contributed by atoms with Crippen LogP contribution in [-0.4, -0.2) is 29.1 Å². The van der Waals surface area contributed by atoms with E-state index < -0.39 is 0 Å². The lowest BCUT2D eigenvalue weighted by Gasteiger charge is -2.17. The number of hydrogen-bond acceptors (Lipinski definition) is 2. The summed E-state index contributed by atoms with van der Waals surface area (Å²) in [6, 6.07) is 0. The summed E-state index contributed by atoms with van der Waals surface area (Å²) < 4.78 is 11.5. The van der Waals surface area contributed by atoms with Gasteiger partial charge < -0.3 is 7.58 Å². The molecule has 0 amide bonds. The summed E-state index contributed by atoms with van der Waals surface area (Å²) in [7, 11) is 0. The quantitative estimate of drug-likeness (QED) is 0.331. The van der Waals surface area contributed by atoms with Gasteiger partial charge in [-0.2, -0.15) is 0 Å². The van der Waals surface area contributed by atoms with E-state index in [1.54, 1.807) is 0 Å². The molecule has 0 fully saturated rings. The van der Waals surface area contributed by atoms with Crippen molar-refractivity contribution in [3.63, 3.8) is 0 Å². The van der Waals surface area contributed by atoms with Gasteiger partial charge in [0.25, 0.3) is 0 Å². The molecule has 2 nitrogen and oxygen atoms in total. The van der Waals surface area contributed by atoms with Crippen molar-refractivity contribution >= 4 is 15.9 Å². The average molecular weight is 285 g/mol. The van der Waals surface area contributed by atoms with Crippen molar-refractivity contribution in [3.05, 3.63) is 0 Å². The summed E-state index contributed by atoms with van der Waals surface area (Å²) in [5, 5.41) is 0. The highest BCUT2D eigenvalue weighted by Gasteiger charge is 2.10. The van der Waals surface area contributed by atoms with E-state index in [2.05, 4.69) is 27.7 Å². The molecule has 0 aliphatic rings. The van der Waals surface area contributed by atoms with Crippen LogP contribution in [0.3, 0.4) is 0 Å². The Morgan fingerprint density at radius 3 is 1.47 bits per heavy atom. The van der Waals surface area contributed by atoms with Crippen LogP contribution in [0.5, 0.6) is 0 Å². The highest BCUT2D eigenvalue weighted by molar-refractivity contribution is 6.17. The van der Waals surface area contributed by atoms with Gasteiger partial charge in [-0.05, 0) is 24.7 Å². The number of rotatable bonds is 14. The maximum Gasteiger partial charge on any atom is 0.668 e. The molecule has 0 bridgehead atoms. The fraction of sp³-hybridized carbons (Fsp3) is 1.00. The summed E-state index contributed by atoms with van der Waals surface area (Å²) in [6.07, 6.45) is 10.3. The Kier molecular flexibility index (Phi) is 15.2. The van der Waals surface area contributed by atoms with Crippen LogP contribution in [0.2, 0.25) is 0 Å². The van der Waals surface area contributed by atoms with Gasteiger partial charge in [-0.1, -0.05) is 66.2 Å². The zero-order chi connectivity index (χ0) is 14.3. The first kappa shape index (κ1) is 19.5. The molecule has 3 heteroatoms. The van der Waals surface area contributed by atoms with Gasteiger partial charge in [-0.15, -0.1) is 0 Å². The van der Waals surface area contributed by atoms with E-state index in [0.29, 0.717) is 0 Å². The highest BCUT2D eigenvalue weighted by atomic mass is 27.2. The predicted molar refractivity (Wildman–Crippen MR) is 84.3 cm³/mol. The monoisotopic (exact) mass is 285 g/mol. The molecule has 0 heterocycles. The van der Waals surface area contributed by atoms with E-state index in [4.69, 9.17) is 7.58 Å². The summed E-state index contributed by atoms with van der Waals surface area (Å²) in [4.78, 5) is 0. The Labute approximate surface area is 128 Å². The summed E-state index contributed by atoms with van der Waals surface area (Å²) in [5.41, 5.74) is 0. The first-order valence-corrected chi connectivity index (χ1v) is 9.27. The van der Waals surface area contributed by atoms with Crippen LogP contribution in [0, 0.1) is 11.8 Å². The van der Waals surface area contributed by atoms with Crippen molar-refractivity contribution < 1.29 is 7.58 Å². The standard InChI is InChI=1S/2C8H17O.Al/c2*1-3-5-6-8(4-2)7-9;/h2*8H,3-7H2,1-2H3;/q2*-1;+2. The second-order valence-corrected chi connectivity index (χ2v) is 6.46. The molecule has 0 N–H and O–H groups in total. The first-order chi connectivity index (χ1) is 9.28. The third-order valence-electron chi connectivity index (χ3n) is 3.89. The van der Waals surface area contributed by atoms with E-state index >= 15 is 0 Å². The Hall–Kier alpha value is 0.452. The zero-order valence-corrected chi connectivity index (χ0v) is 14.8. The third-order valence-corrected chi connectivity index (χ3v) is 4.54. The van der Waals surface area contributed by atoms with Gasteiger partial charge in [-0.25, -0.2) is 0 Å². The van der Waals surface area contributed by atoms with Gasteiger partial charge >= 0.3 is 15.9 Å². The van der Waals surface area contributed by atoms with E-state index in [-0.39, 0.29) is 15.9 Å². The molecule has 0 spiro atoms. The largest absolute Gasteiger partial charge is 0.668 e. The third kappa shape index (κ3) is 11.9. The molecule has 0 saturated carbocycles.